The molecule has 1 heterocycles. The molecule has 0 aliphatic carbocycles. The molecular weight excluding hydrogens is 248 g/mol. The van der Waals surface area contributed by atoms with Crippen molar-refractivity contribution in [3.8, 4) is 5.75 Å². The Hall–Kier alpha value is -1.06. The van der Waals surface area contributed by atoms with E-state index in [1.807, 2.05) is 0 Å². The second-order valence-corrected chi connectivity index (χ2v) is 6.19. The van der Waals surface area contributed by atoms with Crippen LogP contribution in [0.25, 0.3) is 0 Å². The lowest BCUT2D eigenvalue weighted by Crippen LogP contribution is -2.33. The van der Waals surface area contributed by atoms with Gasteiger partial charge in [-0.1, -0.05) is 17.7 Å². The zero-order valence-corrected chi connectivity index (χ0v) is 13.3. The summed E-state index contributed by atoms with van der Waals surface area (Å²) in [5, 5.41) is 3.52. The van der Waals surface area contributed by atoms with Crippen LogP contribution < -0.4 is 10.1 Å². The van der Waals surface area contributed by atoms with Gasteiger partial charge >= 0.3 is 0 Å². The molecule has 1 aromatic rings. The topological polar surface area (TPSA) is 24.5 Å². The molecule has 112 valence electrons. The predicted octanol–water partition coefficient (Wildman–Crippen LogP) is 2.62. The SMILES string of the molecule is Cc1ccc2c(c1)CC(CNCCCN(C)C(C)C)O2. The first-order chi connectivity index (χ1) is 9.56. The number of fused-ring (bicyclic) bond motifs is 1. The van der Waals surface area contributed by atoms with Gasteiger partial charge in [0.15, 0.2) is 0 Å². The molecule has 0 fully saturated rings. The largest absolute Gasteiger partial charge is 0.488 e. The van der Waals surface area contributed by atoms with Crippen LogP contribution in [0.4, 0.5) is 0 Å². The molecule has 1 unspecified atom stereocenters. The van der Waals surface area contributed by atoms with Crippen LogP contribution in [-0.2, 0) is 6.42 Å². The Morgan fingerprint density at radius 3 is 2.95 bits per heavy atom. The monoisotopic (exact) mass is 276 g/mol. The third kappa shape index (κ3) is 4.22. The highest BCUT2D eigenvalue weighted by atomic mass is 16.5. The molecule has 0 amide bonds. The van der Waals surface area contributed by atoms with Gasteiger partial charge in [-0.05, 0) is 59.0 Å². The molecule has 3 heteroatoms. The minimum atomic E-state index is 0.301. The lowest BCUT2D eigenvalue weighted by atomic mass is 10.1. The van der Waals surface area contributed by atoms with Crippen LogP contribution >= 0.6 is 0 Å². The summed E-state index contributed by atoms with van der Waals surface area (Å²) in [5.41, 5.74) is 2.68. The zero-order valence-electron chi connectivity index (χ0n) is 13.3. The van der Waals surface area contributed by atoms with Gasteiger partial charge in [-0.3, -0.25) is 0 Å². The third-order valence-electron chi connectivity index (χ3n) is 4.08. The van der Waals surface area contributed by atoms with Crippen molar-refractivity contribution >= 4 is 0 Å². The van der Waals surface area contributed by atoms with E-state index in [9.17, 15) is 0 Å². The number of hydrogen-bond acceptors (Lipinski definition) is 3. The predicted molar refractivity (Wildman–Crippen MR) is 84.6 cm³/mol. The summed E-state index contributed by atoms with van der Waals surface area (Å²) in [6.07, 6.45) is 2.53. The van der Waals surface area contributed by atoms with Crippen LogP contribution in [0.5, 0.6) is 5.75 Å². The molecule has 0 aromatic heterocycles. The minimum absolute atomic E-state index is 0.301. The van der Waals surface area contributed by atoms with Gasteiger partial charge < -0.3 is 15.0 Å². The number of benzene rings is 1. The lowest BCUT2D eigenvalue weighted by molar-refractivity contribution is 0.224. The Kier molecular flexibility index (Phi) is 5.44. The maximum atomic E-state index is 5.95. The molecule has 0 saturated heterocycles. The number of rotatable bonds is 7. The van der Waals surface area contributed by atoms with E-state index in [0.29, 0.717) is 12.1 Å². The first-order valence-corrected chi connectivity index (χ1v) is 7.73. The van der Waals surface area contributed by atoms with Crippen LogP contribution in [0.1, 0.15) is 31.4 Å². The van der Waals surface area contributed by atoms with E-state index in [0.717, 1.165) is 31.8 Å². The van der Waals surface area contributed by atoms with Gasteiger partial charge in [0, 0.05) is 19.0 Å². The van der Waals surface area contributed by atoms with Gasteiger partial charge in [0.2, 0.25) is 0 Å². The van der Waals surface area contributed by atoms with Gasteiger partial charge in [0.1, 0.15) is 11.9 Å². The van der Waals surface area contributed by atoms with E-state index < -0.39 is 0 Å². The highest BCUT2D eigenvalue weighted by Crippen LogP contribution is 2.29. The molecule has 1 atom stereocenters. The molecule has 1 aliphatic rings. The number of aryl methyl sites for hydroxylation is 1. The summed E-state index contributed by atoms with van der Waals surface area (Å²) in [5.74, 6) is 1.07. The van der Waals surface area contributed by atoms with Crippen LogP contribution in [0, 0.1) is 6.92 Å². The Morgan fingerprint density at radius 2 is 2.20 bits per heavy atom. The second kappa shape index (κ2) is 7.09. The molecule has 3 nitrogen and oxygen atoms in total. The van der Waals surface area contributed by atoms with Crippen molar-refractivity contribution in [1.82, 2.24) is 10.2 Å². The summed E-state index contributed by atoms with van der Waals surface area (Å²) in [6.45, 7) is 9.76. The summed E-state index contributed by atoms with van der Waals surface area (Å²) in [6, 6.07) is 7.09. The number of ether oxygens (including phenoxy) is 1. The maximum Gasteiger partial charge on any atom is 0.123 e. The number of hydrogen-bond donors (Lipinski definition) is 1. The summed E-state index contributed by atoms with van der Waals surface area (Å²) in [4.78, 5) is 2.38. The molecule has 0 radical (unpaired) electrons. The van der Waals surface area contributed by atoms with Crippen LogP contribution in [0.3, 0.4) is 0 Å². The second-order valence-electron chi connectivity index (χ2n) is 6.19. The fourth-order valence-corrected chi connectivity index (χ4v) is 2.54. The lowest BCUT2D eigenvalue weighted by Gasteiger charge is -2.21. The molecule has 0 bridgehead atoms. The van der Waals surface area contributed by atoms with Crippen molar-refractivity contribution < 1.29 is 4.74 Å². The average Bonchev–Trinajstić information content (AvgIpc) is 2.79. The van der Waals surface area contributed by atoms with E-state index in [1.165, 1.54) is 17.5 Å². The highest BCUT2D eigenvalue weighted by Gasteiger charge is 2.22. The molecule has 1 N–H and O–H groups in total. The van der Waals surface area contributed by atoms with Crippen molar-refractivity contribution in [3.63, 3.8) is 0 Å². The Morgan fingerprint density at radius 1 is 1.40 bits per heavy atom. The third-order valence-corrected chi connectivity index (χ3v) is 4.08. The normalized spacial score (nSPS) is 17.6. The average molecular weight is 276 g/mol. The minimum Gasteiger partial charge on any atom is -0.488 e. The Labute approximate surface area is 123 Å². The quantitative estimate of drug-likeness (QED) is 0.775. The van der Waals surface area contributed by atoms with Crippen molar-refractivity contribution in [2.45, 2.75) is 45.8 Å². The van der Waals surface area contributed by atoms with Gasteiger partial charge in [0.25, 0.3) is 0 Å². The van der Waals surface area contributed by atoms with E-state index in [2.05, 4.69) is 56.2 Å². The van der Waals surface area contributed by atoms with Gasteiger partial charge in [-0.15, -0.1) is 0 Å². The van der Waals surface area contributed by atoms with Gasteiger partial charge in [-0.2, -0.15) is 0 Å². The molecule has 0 spiro atoms. The smallest absolute Gasteiger partial charge is 0.123 e. The maximum absolute atomic E-state index is 5.95. The van der Waals surface area contributed by atoms with Gasteiger partial charge in [-0.25, -0.2) is 0 Å². The van der Waals surface area contributed by atoms with Crippen molar-refractivity contribution in [3.05, 3.63) is 29.3 Å². The van der Waals surface area contributed by atoms with E-state index in [-0.39, 0.29) is 0 Å². The molecule has 1 aromatic carbocycles. The number of nitrogens with zero attached hydrogens (tertiary/aromatic N) is 1. The number of nitrogens with one attached hydrogen (secondary N) is 1. The van der Waals surface area contributed by atoms with E-state index in [4.69, 9.17) is 4.74 Å². The van der Waals surface area contributed by atoms with E-state index in [1.54, 1.807) is 0 Å². The first kappa shape index (κ1) is 15.3. The van der Waals surface area contributed by atoms with Gasteiger partial charge in [0.05, 0.1) is 0 Å². The fourth-order valence-electron chi connectivity index (χ4n) is 2.54. The molecular formula is C17H28N2O. The van der Waals surface area contributed by atoms with Crippen molar-refractivity contribution in [1.29, 1.82) is 0 Å². The molecule has 20 heavy (non-hydrogen) atoms. The van der Waals surface area contributed by atoms with Crippen molar-refractivity contribution in [2.24, 2.45) is 0 Å². The Balaban J connectivity index is 1.63. The Bertz CT molecular complexity index is 431. The molecule has 2 rings (SSSR count). The van der Waals surface area contributed by atoms with Crippen LogP contribution in [-0.4, -0.2) is 43.7 Å². The highest BCUT2D eigenvalue weighted by molar-refractivity contribution is 5.40. The van der Waals surface area contributed by atoms with Crippen molar-refractivity contribution in [2.75, 3.05) is 26.7 Å². The first-order valence-electron chi connectivity index (χ1n) is 7.73. The zero-order chi connectivity index (χ0) is 14.5. The molecule has 0 saturated carbocycles. The van der Waals surface area contributed by atoms with E-state index >= 15 is 0 Å². The van der Waals surface area contributed by atoms with Crippen LogP contribution in [0.2, 0.25) is 0 Å². The summed E-state index contributed by atoms with van der Waals surface area (Å²) >= 11 is 0. The molecule has 1 aliphatic heterocycles. The van der Waals surface area contributed by atoms with Crippen LogP contribution in [0.15, 0.2) is 18.2 Å². The summed E-state index contributed by atoms with van der Waals surface area (Å²) in [7, 11) is 2.18. The fraction of sp³-hybridized carbons (Fsp3) is 0.647. The summed E-state index contributed by atoms with van der Waals surface area (Å²) < 4.78 is 5.95. The standard InChI is InChI=1S/C17H28N2O/c1-13(2)19(4)9-5-8-18-12-16-11-15-10-14(3)6-7-17(15)20-16/h6-7,10,13,16,18H,5,8-9,11-12H2,1-4H3.